The van der Waals surface area contributed by atoms with Crippen molar-refractivity contribution in [2.24, 2.45) is 0 Å². The number of nitrogens with one attached hydrogen (secondary N) is 1. The third kappa shape index (κ3) is 4.05. The van der Waals surface area contributed by atoms with E-state index in [0.29, 0.717) is 12.1 Å². The Kier molecular flexibility index (Phi) is 6.02. The number of ether oxygens (including phenoxy) is 1. The van der Waals surface area contributed by atoms with Gasteiger partial charge < -0.3 is 10.1 Å². The van der Waals surface area contributed by atoms with Crippen molar-refractivity contribution in [1.82, 2.24) is 10.2 Å². The second kappa shape index (κ2) is 7.77. The van der Waals surface area contributed by atoms with Crippen molar-refractivity contribution in [3.05, 3.63) is 35.4 Å². The summed E-state index contributed by atoms with van der Waals surface area (Å²) in [5, 5.41) is 3.47. The number of hydrogen-bond acceptors (Lipinski definition) is 3. The van der Waals surface area contributed by atoms with Gasteiger partial charge in [0.05, 0.1) is 6.10 Å². The van der Waals surface area contributed by atoms with Crippen LogP contribution in [0.2, 0.25) is 0 Å². The molecule has 3 nitrogen and oxygen atoms in total. The first-order valence-electron chi connectivity index (χ1n) is 7.81. The molecule has 1 aromatic rings. The van der Waals surface area contributed by atoms with E-state index in [1.165, 1.54) is 24.0 Å². The molecule has 20 heavy (non-hydrogen) atoms. The molecule has 2 unspecified atom stereocenters. The summed E-state index contributed by atoms with van der Waals surface area (Å²) in [6.45, 7) is 8.53. The van der Waals surface area contributed by atoms with E-state index in [-0.39, 0.29) is 0 Å². The zero-order valence-corrected chi connectivity index (χ0v) is 13.1. The number of rotatable bonds is 7. The van der Waals surface area contributed by atoms with Crippen LogP contribution in [-0.2, 0) is 4.74 Å². The molecular formula is C17H28N2O. The molecule has 0 aromatic heterocycles. The van der Waals surface area contributed by atoms with Crippen molar-refractivity contribution in [2.45, 2.75) is 38.8 Å². The minimum Gasteiger partial charge on any atom is -0.377 e. The van der Waals surface area contributed by atoms with Gasteiger partial charge in [-0.25, -0.2) is 0 Å². The van der Waals surface area contributed by atoms with Gasteiger partial charge in [-0.05, 0) is 44.5 Å². The van der Waals surface area contributed by atoms with Gasteiger partial charge >= 0.3 is 0 Å². The Hall–Kier alpha value is -0.900. The van der Waals surface area contributed by atoms with Crippen LogP contribution in [0.25, 0.3) is 0 Å². The van der Waals surface area contributed by atoms with Crippen LogP contribution in [0.4, 0.5) is 0 Å². The molecule has 2 rings (SSSR count). The summed E-state index contributed by atoms with van der Waals surface area (Å²) in [5.74, 6) is 0. The normalized spacial score (nSPS) is 20.5. The number of hydrogen-bond donors (Lipinski definition) is 1. The molecular weight excluding hydrogens is 248 g/mol. The van der Waals surface area contributed by atoms with Crippen LogP contribution in [0.3, 0.4) is 0 Å². The number of likely N-dealkylation sites (N-methyl/N-ethyl adjacent to an activating group) is 2. The van der Waals surface area contributed by atoms with Gasteiger partial charge in [-0.2, -0.15) is 0 Å². The Balaban J connectivity index is 1.98. The monoisotopic (exact) mass is 276 g/mol. The first-order valence-corrected chi connectivity index (χ1v) is 7.81. The fraction of sp³-hybridized carbons (Fsp3) is 0.647. The lowest BCUT2D eigenvalue weighted by Gasteiger charge is -2.29. The fourth-order valence-electron chi connectivity index (χ4n) is 2.99. The lowest BCUT2D eigenvalue weighted by Crippen LogP contribution is -2.38. The van der Waals surface area contributed by atoms with Crippen LogP contribution in [-0.4, -0.2) is 44.3 Å². The summed E-state index contributed by atoms with van der Waals surface area (Å²) in [4.78, 5) is 2.50. The van der Waals surface area contributed by atoms with Crippen molar-refractivity contribution in [3.63, 3.8) is 0 Å². The molecule has 1 heterocycles. The molecule has 2 atom stereocenters. The zero-order valence-electron chi connectivity index (χ0n) is 13.1. The molecule has 0 radical (unpaired) electrons. The molecule has 1 aliphatic heterocycles. The Labute approximate surface area is 123 Å². The van der Waals surface area contributed by atoms with Gasteiger partial charge in [0.1, 0.15) is 0 Å². The third-order valence-electron chi connectivity index (χ3n) is 4.29. The van der Waals surface area contributed by atoms with Gasteiger partial charge in [0.25, 0.3) is 0 Å². The number of aryl methyl sites for hydroxylation is 1. The van der Waals surface area contributed by atoms with Crippen LogP contribution in [0, 0.1) is 6.92 Å². The highest BCUT2D eigenvalue weighted by molar-refractivity contribution is 5.28. The van der Waals surface area contributed by atoms with E-state index in [4.69, 9.17) is 4.74 Å². The highest BCUT2D eigenvalue weighted by atomic mass is 16.5. The summed E-state index contributed by atoms with van der Waals surface area (Å²) in [6, 6.07) is 9.04. The fourth-order valence-corrected chi connectivity index (χ4v) is 2.99. The Morgan fingerprint density at radius 3 is 2.80 bits per heavy atom. The van der Waals surface area contributed by atoms with E-state index in [2.05, 4.69) is 55.4 Å². The molecule has 0 aliphatic carbocycles. The zero-order chi connectivity index (χ0) is 14.4. The number of benzene rings is 1. The van der Waals surface area contributed by atoms with E-state index >= 15 is 0 Å². The predicted molar refractivity (Wildman–Crippen MR) is 84.1 cm³/mol. The van der Waals surface area contributed by atoms with Crippen molar-refractivity contribution < 1.29 is 4.74 Å². The standard InChI is InChI=1S/C17H28N2O/c1-4-19(12-15-9-7-11-20-15)13-17(18-3)16-10-6-5-8-14(16)2/h5-6,8,10,15,17-18H,4,7,9,11-13H2,1-3H3. The quantitative estimate of drug-likeness (QED) is 0.829. The van der Waals surface area contributed by atoms with Gasteiger partial charge in [-0.1, -0.05) is 31.2 Å². The molecule has 1 saturated heterocycles. The first-order chi connectivity index (χ1) is 9.74. The topological polar surface area (TPSA) is 24.5 Å². The van der Waals surface area contributed by atoms with Crippen molar-refractivity contribution >= 4 is 0 Å². The average molecular weight is 276 g/mol. The molecule has 3 heteroatoms. The third-order valence-corrected chi connectivity index (χ3v) is 4.29. The van der Waals surface area contributed by atoms with Gasteiger partial charge in [-0.3, -0.25) is 4.90 Å². The highest BCUT2D eigenvalue weighted by Gasteiger charge is 2.21. The average Bonchev–Trinajstić information content (AvgIpc) is 2.97. The second-order valence-corrected chi connectivity index (χ2v) is 5.69. The molecule has 0 spiro atoms. The summed E-state index contributed by atoms with van der Waals surface area (Å²) in [5.41, 5.74) is 2.76. The summed E-state index contributed by atoms with van der Waals surface area (Å²) < 4.78 is 5.77. The molecule has 1 aromatic carbocycles. The van der Waals surface area contributed by atoms with Crippen LogP contribution >= 0.6 is 0 Å². The summed E-state index contributed by atoms with van der Waals surface area (Å²) in [6.07, 6.45) is 2.87. The molecule has 1 aliphatic rings. The van der Waals surface area contributed by atoms with Crippen LogP contribution in [0.5, 0.6) is 0 Å². The van der Waals surface area contributed by atoms with Crippen LogP contribution in [0.1, 0.15) is 36.9 Å². The SMILES string of the molecule is CCN(CC1CCCO1)CC(NC)c1ccccc1C. The van der Waals surface area contributed by atoms with Crippen molar-refractivity contribution in [3.8, 4) is 0 Å². The molecule has 112 valence electrons. The molecule has 0 amide bonds. The molecule has 1 fully saturated rings. The van der Waals surface area contributed by atoms with E-state index in [9.17, 15) is 0 Å². The van der Waals surface area contributed by atoms with Crippen molar-refractivity contribution in [2.75, 3.05) is 33.3 Å². The maximum absolute atomic E-state index is 5.77. The Morgan fingerprint density at radius 1 is 1.40 bits per heavy atom. The van der Waals surface area contributed by atoms with Gasteiger partial charge in [-0.15, -0.1) is 0 Å². The van der Waals surface area contributed by atoms with E-state index in [1.54, 1.807) is 0 Å². The van der Waals surface area contributed by atoms with Crippen LogP contribution < -0.4 is 5.32 Å². The minimum absolute atomic E-state index is 0.387. The molecule has 0 bridgehead atoms. The van der Waals surface area contributed by atoms with Gasteiger partial charge in [0, 0.05) is 25.7 Å². The van der Waals surface area contributed by atoms with Gasteiger partial charge in [0.2, 0.25) is 0 Å². The van der Waals surface area contributed by atoms with E-state index in [1.807, 2.05) is 0 Å². The van der Waals surface area contributed by atoms with E-state index < -0.39 is 0 Å². The highest BCUT2D eigenvalue weighted by Crippen LogP contribution is 2.20. The smallest absolute Gasteiger partial charge is 0.0702 e. The summed E-state index contributed by atoms with van der Waals surface area (Å²) in [7, 11) is 2.05. The van der Waals surface area contributed by atoms with Crippen LogP contribution in [0.15, 0.2) is 24.3 Å². The lowest BCUT2D eigenvalue weighted by atomic mass is 10.0. The lowest BCUT2D eigenvalue weighted by molar-refractivity contribution is 0.0718. The van der Waals surface area contributed by atoms with Gasteiger partial charge in [0.15, 0.2) is 0 Å². The second-order valence-electron chi connectivity index (χ2n) is 5.69. The predicted octanol–water partition coefficient (Wildman–Crippen LogP) is 2.76. The maximum Gasteiger partial charge on any atom is 0.0702 e. The Morgan fingerprint density at radius 2 is 2.20 bits per heavy atom. The van der Waals surface area contributed by atoms with E-state index in [0.717, 1.165) is 26.2 Å². The van der Waals surface area contributed by atoms with Crippen molar-refractivity contribution in [1.29, 1.82) is 0 Å². The largest absolute Gasteiger partial charge is 0.377 e. The maximum atomic E-state index is 5.77. The Bertz CT molecular complexity index is 402. The number of nitrogens with zero attached hydrogens (tertiary/aromatic N) is 1. The minimum atomic E-state index is 0.387. The molecule has 1 N–H and O–H groups in total. The molecule has 0 saturated carbocycles. The summed E-state index contributed by atoms with van der Waals surface area (Å²) >= 11 is 0. The first kappa shape index (κ1) is 15.5.